The first-order chi connectivity index (χ1) is 7.51. The molecule has 0 amide bonds. The van der Waals surface area contributed by atoms with Crippen molar-refractivity contribution in [3.8, 4) is 0 Å². The summed E-state index contributed by atoms with van der Waals surface area (Å²) in [7, 11) is 0. The highest BCUT2D eigenvalue weighted by molar-refractivity contribution is 5.14. The predicted molar refractivity (Wildman–Crippen MR) is 59.2 cm³/mol. The second kappa shape index (κ2) is 5.92. The first kappa shape index (κ1) is 13.1. The molecule has 0 saturated carbocycles. The van der Waals surface area contributed by atoms with Crippen LogP contribution < -0.4 is 0 Å². The first-order valence-corrected chi connectivity index (χ1v) is 5.62. The summed E-state index contributed by atoms with van der Waals surface area (Å²) in [4.78, 5) is 0. The Bertz CT molecular complexity index is 290. The van der Waals surface area contributed by atoms with Crippen LogP contribution in [0.25, 0.3) is 0 Å². The Morgan fingerprint density at radius 1 is 1.12 bits per heavy atom. The highest BCUT2D eigenvalue weighted by Crippen LogP contribution is 2.29. The molecule has 1 aromatic rings. The van der Waals surface area contributed by atoms with Gasteiger partial charge in [0.2, 0.25) is 0 Å². The third kappa shape index (κ3) is 5.19. The number of alkyl halides is 3. The van der Waals surface area contributed by atoms with E-state index < -0.39 is 12.6 Å². The van der Waals surface area contributed by atoms with Crippen LogP contribution in [0.5, 0.6) is 0 Å². The fourth-order valence-electron chi connectivity index (χ4n) is 1.79. The lowest BCUT2D eigenvalue weighted by Gasteiger charge is -2.16. The summed E-state index contributed by atoms with van der Waals surface area (Å²) in [6, 6.07) is 9.66. The van der Waals surface area contributed by atoms with Crippen LogP contribution in [0.2, 0.25) is 0 Å². The molecular weight excluding hydrogens is 213 g/mol. The molecule has 90 valence electrons. The van der Waals surface area contributed by atoms with Crippen molar-refractivity contribution in [2.75, 3.05) is 0 Å². The second-order valence-electron chi connectivity index (χ2n) is 4.12. The zero-order valence-electron chi connectivity index (χ0n) is 9.43. The van der Waals surface area contributed by atoms with Gasteiger partial charge in [0.15, 0.2) is 0 Å². The Balaban J connectivity index is 2.40. The van der Waals surface area contributed by atoms with Crippen molar-refractivity contribution in [2.24, 2.45) is 5.92 Å². The summed E-state index contributed by atoms with van der Waals surface area (Å²) in [6.45, 7) is 1.82. The average Bonchev–Trinajstić information content (AvgIpc) is 2.24. The fourth-order valence-corrected chi connectivity index (χ4v) is 1.79. The van der Waals surface area contributed by atoms with Crippen LogP contribution in [0.1, 0.15) is 31.7 Å². The molecule has 0 spiro atoms. The van der Waals surface area contributed by atoms with Gasteiger partial charge in [0.05, 0.1) is 0 Å². The Kier molecular flexibility index (Phi) is 4.84. The summed E-state index contributed by atoms with van der Waals surface area (Å²) in [5, 5.41) is 0. The van der Waals surface area contributed by atoms with Crippen molar-refractivity contribution in [1.29, 1.82) is 0 Å². The maximum absolute atomic E-state index is 12.2. The van der Waals surface area contributed by atoms with E-state index in [1.54, 1.807) is 0 Å². The standard InChI is InChI=1S/C13H17F3/c1-2-11(10-13(14,15)16)8-9-12-6-4-3-5-7-12/h3-7,11H,2,8-10H2,1H3. The molecule has 16 heavy (non-hydrogen) atoms. The topological polar surface area (TPSA) is 0 Å². The second-order valence-corrected chi connectivity index (χ2v) is 4.12. The summed E-state index contributed by atoms with van der Waals surface area (Å²) in [5.74, 6) is -0.250. The minimum absolute atomic E-state index is 0.250. The zero-order valence-corrected chi connectivity index (χ0v) is 9.43. The quantitative estimate of drug-likeness (QED) is 0.693. The highest BCUT2D eigenvalue weighted by Gasteiger charge is 2.30. The Hall–Kier alpha value is -0.990. The summed E-state index contributed by atoms with van der Waals surface area (Å²) in [6.07, 6.45) is -2.75. The molecule has 0 radical (unpaired) electrons. The van der Waals surface area contributed by atoms with Gasteiger partial charge in [-0.1, -0.05) is 43.7 Å². The van der Waals surface area contributed by atoms with Gasteiger partial charge in [-0.25, -0.2) is 0 Å². The van der Waals surface area contributed by atoms with Crippen molar-refractivity contribution in [3.63, 3.8) is 0 Å². The lowest BCUT2D eigenvalue weighted by molar-refractivity contribution is -0.145. The lowest BCUT2D eigenvalue weighted by atomic mass is 9.94. The summed E-state index contributed by atoms with van der Waals surface area (Å²) < 4.78 is 36.7. The van der Waals surface area contributed by atoms with Crippen LogP contribution in [0.4, 0.5) is 13.2 Å². The summed E-state index contributed by atoms with van der Waals surface area (Å²) >= 11 is 0. The van der Waals surface area contributed by atoms with E-state index in [2.05, 4.69) is 0 Å². The van der Waals surface area contributed by atoms with Crippen molar-refractivity contribution in [3.05, 3.63) is 35.9 Å². The van der Waals surface area contributed by atoms with E-state index in [1.165, 1.54) is 0 Å². The van der Waals surface area contributed by atoms with E-state index in [-0.39, 0.29) is 5.92 Å². The average molecular weight is 230 g/mol. The van der Waals surface area contributed by atoms with Crippen molar-refractivity contribution in [2.45, 2.75) is 38.8 Å². The number of aryl methyl sites for hydroxylation is 1. The number of hydrogen-bond donors (Lipinski definition) is 0. The SMILES string of the molecule is CCC(CCc1ccccc1)CC(F)(F)F. The number of hydrogen-bond acceptors (Lipinski definition) is 0. The molecule has 1 rings (SSSR count). The molecule has 3 heteroatoms. The molecule has 0 nitrogen and oxygen atoms in total. The van der Waals surface area contributed by atoms with E-state index in [0.717, 1.165) is 12.0 Å². The Morgan fingerprint density at radius 2 is 1.75 bits per heavy atom. The Morgan fingerprint density at radius 3 is 2.25 bits per heavy atom. The molecule has 1 aromatic carbocycles. The zero-order chi connectivity index (χ0) is 12.0. The number of rotatable bonds is 5. The van der Waals surface area contributed by atoms with E-state index in [4.69, 9.17) is 0 Å². The molecule has 0 heterocycles. The van der Waals surface area contributed by atoms with Gasteiger partial charge in [0, 0.05) is 6.42 Å². The molecule has 0 aliphatic carbocycles. The van der Waals surface area contributed by atoms with Crippen LogP contribution in [-0.2, 0) is 6.42 Å². The Labute approximate surface area is 94.5 Å². The van der Waals surface area contributed by atoms with Crippen molar-refractivity contribution < 1.29 is 13.2 Å². The van der Waals surface area contributed by atoms with Crippen LogP contribution in [0, 0.1) is 5.92 Å². The smallest absolute Gasteiger partial charge is 0.171 e. The van der Waals surface area contributed by atoms with E-state index in [1.807, 2.05) is 37.3 Å². The van der Waals surface area contributed by atoms with Gasteiger partial charge in [-0.15, -0.1) is 0 Å². The van der Waals surface area contributed by atoms with Gasteiger partial charge < -0.3 is 0 Å². The van der Waals surface area contributed by atoms with Crippen LogP contribution in [0.15, 0.2) is 30.3 Å². The largest absolute Gasteiger partial charge is 0.389 e. The van der Waals surface area contributed by atoms with E-state index in [0.29, 0.717) is 12.8 Å². The monoisotopic (exact) mass is 230 g/mol. The first-order valence-electron chi connectivity index (χ1n) is 5.62. The van der Waals surface area contributed by atoms with Gasteiger partial charge in [-0.2, -0.15) is 13.2 Å². The minimum atomic E-state index is -4.03. The molecular formula is C13H17F3. The molecule has 0 fully saturated rings. The molecule has 0 aromatic heterocycles. The predicted octanol–water partition coefficient (Wildman–Crippen LogP) is 4.60. The van der Waals surface area contributed by atoms with Crippen LogP contribution in [-0.4, -0.2) is 6.18 Å². The van der Waals surface area contributed by atoms with Gasteiger partial charge in [0.25, 0.3) is 0 Å². The molecule has 0 aliphatic rings. The van der Waals surface area contributed by atoms with Gasteiger partial charge in [-0.05, 0) is 24.3 Å². The molecule has 0 aliphatic heterocycles. The minimum Gasteiger partial charge on any atom is -0.171 e. The third-order valence-electron chi connectivity index (χ3n) is 2.78. The normalized spacial score (nSPS) is 13.8. The van der Waals surface area contributed by atoms with Gasteiger partial charge in [0.1, 0.15) is 0 Å². The molecule has 0 saturated heterocycles. The molecule has 1 unspecified atom stereocenters. The van der Waals surface area contributed by atoms with E-state index in [9.17, 15) is 13.2 Å². The molecule has 0 N–H and O–H groups in total. The highest BCUT2D eigenvalue weighted by atomic mass is 19.4. The van der Waals surface area contributed by atoms with Gasteiger partial charge in [-0.3, -0.25) is 0 Å². The van der Waals surface area contributed by atoms with Crippen molar-refractivity contribution >= 4 is 0 Å². The summed E-state index contributed by atoms with van der Waals surface area (Å²) in [5.41, 5.74) is 1.11. The maximum Gasteiger partial charge on any atom is 0.389 e. The number of halogens is 3. The van der Waals surface area contributed by atoms with Crippen LogP contribution in [0.3, 0.4) is 0 Å². The fraction of sp³-hybridized carbons (Fsp3) is 0.538. The number of benzene rings is 1. The van der Waals surface area contributed by atoms with Crippen molar-refractivity contribution in [1.82, 2.24) is 0 Å². The molecule has 1 atom stereocenters. The third-order valence-corrected chi connectivity index (χ3v) is 2.78. The van der Waals surface area contributed by atoms with E-state index >= 15 is 0 Å². The molecule has 0 bridgehead atoms. The lowest BCUT2D eigenvalue weighted by Crippen LogP contribution is -2.15. The maximum atomic E-state index is 12.2. The van der Waals surface area contributed by atoms with Crippen LogP contribution >= 0.6 is 0 Å². The van der Waals surface area contributed by atoms with Gasteiger partial charge >= 0.3 is 6.18 Å².